The molecule has 2 nitrogen and oxygen atoms in total. The molecule has 0 aliphatic rings. The predicted octanol–water partition coefficient (Wildman–Crippen LogP) is 12.2. The van der Waals surface area contributed by atoms with Crippen LogP contribution in [0.4, 0.5) is 0 Å². The third-order valence-corrected chi connectivity index (χ3v) is 7.71. The van der Waals surface area contributed by atoms with E-state index < -0.39 is 0 Å². The van der Waals surface area contributed by atoms with E-state index in [1.165, 1.54) is 154 Å². The standard InChI is InChI=1S/C36H64O2/c1-3-5-7-9-11-13-15-17-19-21-23-25-29-33-37-35-31-27-28-32-36(35)38-34-30-26-24-22-20-18-16-14-12-10-8-6-4-2/h27-28H,3-26,29-30,33-34H2,1-2H3. The monoisotopic (exact) mass is 528 g/mol. The Kier molecular flexibility index (Phi) is 26.4. The molecule has 1 aromatic carbocycles. The Labute approximate surface area is 239 Å². The zero-order chi connectivity index (χ0) is 27.2. The minimum Gasteiger partial charge on any atom is -0.489 e. The van der Waals surface area contributed by atoms with Crippen molar-refractivity contribution >= 4 is 0 Å². The van der Waals surface area contributed by atoms with Gasteiger partial charge in [0.1, 0.15) is 0 Å². The van der Waals surface area contributed by atoms with Gasteiger partial charge in [0.15, 0.2) is 11.5 Å². The molecule has 1 rings (SSSR count). The summed E-state index contributed by atoms with van der Waals surface area (Å²) in [5, 5.41) is 0. The molecule has 0 heterocycles. The Morgan fingerprint density at radius 2 is 0.605 bits per heavy atom. The molecule has 0 saturated carbocycles. The van der Waals surface area contributed by atoms with Crippen molar-refractivity contribution in [1.82, 2.24) is 0 Å². The first kappa shape index (κ1) is 34.8. The van der Waals surface area contributed by atoms with Crippen molar-refractivity contribution in [3.05, 3.63) is 24.3 Å². The third kappa shape index (κ3) is 22.8. The lowest BCUT2D eigenvalue weighted by Crippen LogP contribution is -2.03. The minimum atomic E-state index is 0.737. The van der Waals surface area contributed by atoms with E-state index >= 15 is 0 Å². The van der Waals surface area contributed by atoms with Crippen LogP contribution < -0.4 is 9.47 Å². The molecule has 0 bridgehead atoms. The first-order valence-corrected chi connectivity index (χ1v) is 17.1. The number of unbranched alkanes of at least 4 members (excludes halogenated alkanes) is 24. The van der Waals surface area contributed by atoms with Crippen LogP contribution in [0.5, 0.6) is 11.5 Å². The van der Waals surface area contributed by atoms with Crippen molar-refractivity contribution in [3.8, 4) is 11.5 Å². The van der Waals surface area contributed by atoms with Crippen LogP contribution >= 0.6 is 0 Å². The first-order chi connectivity index (χ1) is 18.9. The van der Waals surface area contributed by atoms with Crippen molar-refractivity contribution in [2.75, 3.05) is 13.2 Å². The van der Waals surface area contributed by atoms with Crippen LogP contribution in [-0.2, 0) is 0 Å². The second-order valence-corrected chi connectivity index (χ2v) is 11.5. The molecule has 0 unspecified atom stereocenters. The summed E-state index contributed by atoms with van der Waals surface area (Å²) < 4.78 is 12.0. The van der Waals surface area contributed by atoms with Crippen LogP contribution in [0.25, 0.3) is 0 Å². The van der Waals surface area contributed by atoms with Crippen LogP contribution in [0.2, 0.25) is 0 Å². The molecule has 0 fully saturated rings. The Hall–Kier alpha value is -1.18. The smallest absolute Gasteiger partial charge is 0.169 e. The van der Waals surface area contributed by atoms with Gasteiger partial charge in [-0.3, -0.25) is 0 Å². The molecule has 38 heavy (non-hydrogen) atoms. The van der Waals surface area contributed by atoms with Crippen molar-refractivity contribution in [3.63, 3.8) is 0 Å². The fourth-order valence-corrected chi connectivity index (χ4v) is 5.17. The van der Waals surface area contributed by atoms with Gasteiger partial charge >= 0.3 is 0 Å². The molecule has 0 atom stereocenters. The lowest BCUT2D eigenvalue weighted by Gasteiger charge is -2.12. The second kappa shape index (κ2) is 28.8. The third-order valence-electron chi connectivity index (χ3n) is 7.71. The molecule has 2 radical (unpaired) electrons. The van der Waals surface area contributed by atoms with E-state index in [4.69, 9.17) is 9.47 Å². The number of hydrogen-bond donors (Lipinski definition) is 0. The predicted molar refractivity (Wildman–Crippen MR) is 166 cm³/mol. The first-order valence-electron chi connectivity index (χ1n) is 17.1. The lowest BCUT2D eigenvalue weighted by molar-refractivity contribution is 0.257. The van der Waals surface area contributed by atoms with Gasteiger partial charge < -0.3 is 9.47 Å². The molecular weight excluding hydrogens is 464 g/mol. The van der Waals surface area contributed by atoms with Crippen molar-refractivity contribution in [1.29, 1.82) is 0 Å². The van der Waals surface area contributed by atoms with Gasteiger partial charge in [-0.25, -0.2) is 0 Å². The van der Waals surface area contributed by atoms with Crippen LogP contribution in [0.15, 0.2) is 12.1 Å². The molecule has 0 saturated heterocycles. The van der Waals surface area contributed by atoms with Gasteiger partial charge in [0, 0.05) is 12.1 Å². The highest BCUT2D eigenvalue weighted by molar-refractivity contribution is 5.37. The van der Waals surface area contributed by atoms with Crippen molar-refractivity contribution in [2.45, 2.75) is 181 Å². The summed E-state index contributed by atoms with van der Waals surface area (Å²) in [5.41, 5.74) is 0. The van der Waals surface area contributed by atoms with Gasteiger partial charge in [-0.1, -0.05) is 168 Å². The largest absolute Gasteiger partial charge is 0.489 e. The summed E-state index contributed by atoms with van der Waals surface area (Å²) in [4.78, 5) is 0. The van der Waals surface area contributed by atoms with E-state index in [9.17, 15) is 0 Å². The molecule has 2 heteroatoms. The summed E-state index contributed by atoms with van der Waals surface area (Å²) in [6, 6.07) is 10.2. The number of ether oxygens (including phenoxy) is 2. The maximum Gasteiger partial charge on any atom is 0.169 e. The van der Waals surface area contributed by atoms with E-state index in [1.54, 1.807) is 0 Å². The Bertz CT molecular complexity index is 533. The van der Waals surface area contributed by atoms with Gasteiger partial charge in [0.05, 0.1) is 13.2 Å². The van der Waals surface area contributed by atoms with Gasteiger partial charge in [0.25, 0.3) is 0 Å². The SMILES string of the molecule is CCCCCCCCCCCCCCCOc1[c]cc[c]c1OCCCCCCCCCCCCCCC. The molecule has 1 aromatic rings. The Balaban J connectivity index is 1.92. The fourth-order valence-electron chi connectivity index (χ4n) is 5.17. The highest BCUT2D eigenvalue weighted by atomic mass is 16.5. The van der Waals surface area contributed by atoms with Gasteiger partial charge in [-0.2, -0.15) is 0 Å². The van der Waals surface area contributed by atoms with E-state index in [2.05, 4.69) is 26.0 Å². The van der Waals surface area contributed by atoms with Crippen LogP contribution in [0.3, 0.4) is 0 Å². The average Bonchev–Trinajstić information content (AvgIpc) is 2.94. The Morgan fingerprint density at radius 3 is 0.868 bits per heavy atom. The lowest BCUT2D eigenvalue weighted by atomic mass is 10.0. The molecule has 0 aliphatic heterocycles. The highest BCUT2D eigenvalue weighted by Gasteiger charge is 2.05. The van der Waals surface area contributed by atoms with Crippen LogP contribution in [-0.4, -0.2) is 13.2 Å². The molecule has 0 spiro atoms. The molecule has 0 N–H and O–H groups in total. The Morgan fingerprint density at radius 1 is 0.368 bits per heavy atom. The van der Waals surface area contributed by atoms with E-state index in [-0.39, 0.29) is 0 Å². The second-order valence-electron chi connectivity index (χ2n) is 11.5. The number of hydrogen-bond acceptors (Lipinski definition) is 2. The van der Waals surface area contributed by atoms with E-state index in [0.29, 0.717) is 0 Å². The van der Waals surface area contributed by atoms with Crippen LogP contribution in [0.1, 0.15) is 181 Å². The average molecular weight is 529 g/mol. The summed E-state index contributed by atoms with van der Waals surface area (Å²) in [7, 11) is 0. The van der Waals surface area contributed by atoms with Crippen LogP contribution in [0, 0.1) is 12.1 Å². The minimum absolute atomic E-state index is 0.737. The number of benzene rings is 1. The van der Waals surface area contributed by atoms with Gasteiger partial charge in [0.2, 0.25) is 0 Å². The quantitative estimate of drug-likeness (QED) is 0.0924. The van der Waals surface area contributed by atoms with Crippen molar-refractivity contribution < 1.29 is 9.47 Å². The van der Waals surface area contributed by atoms with Crippen molar-refractivity contribution in [2.24, 2.45) is 0 Å². The summed E-state index contributed by atoms with van der Waals surface area (Å²) in [5.74, 6) is 1.47. The molecule has 220 valence electrons. The highest BCUT2D eigenvalue weighted by Crippen LogP contribution is 2.26. The van der Waals surface area contributed by atoms with E-state index in [1.807, 2.05) is 12.1 Å². The molecular formula is C36H64O2. The molecule has 0 aliphatic carbocycles. The maximum absolute atomic E-state index is 5.99. The maximum atomic E-state index is 5.99. The normalized spacial score (nSPS) is 11.2. The molecule has 0 amide bonds. The van der Waals surface area contributed by atoms with E-state index in [0.717, 1.165) is 37.6 Å². The van der Waals surface area contributed by atoms with Gasteiger partial charge in [-0.15, -0.1) is 0 Å². The summed E-state index contributed by atoms with van der Waals surface area (Å²) in [6.45, 7) is 6.08. The number of rotatable bonds is 30. The fraction of sp³-hybridized carbons (Fsp3) is 0.833. The zero-order valence-corrected chi connectivity index (χ0v) is 25.8. The van der Waals surface area contributed by atoms with Gasteiger partial charge in [-0.05, 0) is 25.0 Å². The zero-order valence-electron chi connectivity index (χ0n) is 25.8. The molecule has 0 aromatic heterocycles. The summed E-state index contributed by atoms with van der Waals surface area (Å²) in [6.07, 6.45) is 35.6. The summed E-state index contributed by atoms with van der Waals surface area (Å²) >= 11 is 0. The topological polar surface area (TPSA) is 18.5 Å².